The van der Waals surface area contributed by atoms with Gasteiger partial charge in [-0.1, -0.05) is 12.1 Å². The number of benzene rings is 1. The number of ether oxygens (including phenoxy) is 2. The molecule has 0 bridgehead atoms. The van der Waals surface area contributed by atoms with Crippen LogP contribution < -0.4 is 15.4 Å². The molecule has 0 spiro atoms. The van der Waals surface area contributed by atoms with Gasteiger partial charge in [0.1, 0.15) is 5.75 Å². The minimum atomic E-state index is 0.0406. The first-order valence-electron chi connectivity index (χ1n) is 6.48. The van der Waals surface area contributed by atoms with Crippen LogP contribution in [0.4, 0.5) is 0 Å². The Kier molecular flexibility index (Phi) is 5.18. The van der Waals surface area contributed by atoms with Gasteiger partial charge in [0.25, 0.3) is 0 Å². The second-order valence-corrected chi connectivity index (χ2v) is 4.55. The highest BCUT2D eigenvalue weighted by Crippen LogP contribution is 2.11. The van der Waals surface area contributed by atoms with Gasteiger partial charge in [-0.3, -0.25) is 4.79 Å². The molecule has 1 saturated heterocycles. The fourth-order valence-electron chi connectivity index (χ4n) is 1.99. The van der Waals surface area contributed by atoms with Crippen molar-refractivity contribution in [1.29, 1.82) is 0 Å². The van der Waals surface area contributed by atoms with Crippen LogP contribution in [0.3, 0.4) is 0 Å². The Morgan fingerprint density at radius 2 is 2.26 bits per heavy atom. The van der Waals surface area contributed by atoms with E-state index in [0.29, 0.717) is 19.6 Å². The predicted octanol–water partition coefficient (Wildman–Crippen LogP) is 0.690. The van der Waals surface area contributed by atoms with E-state index in [2.05, 4.69) is 10.6 Å². The number of hydrogen-bond acceptors (Lipinski definition) is 4. The molecule has 1 atom stereocenters. The lowest BCUT2D eigenvalue weighted by Crippen LogP contribution is -2.44. The quantitative estimate of drug-likeness (QED) is 0.821. The third-order valence-electron chi connectivity index (χ3n) is 3.08. The third-order valence-corrected chi connectivity index (χ3v) is 3.08. The third kappa shape index (κ3) is 4.54. The Labute approximate surface area is 113 Å². The van der Waals surface area contributed by atoms with E-state index in [-0.39, 0.29) is 11.9 Å². The van der Waals surface area contributed by atoms with Crippen molar-refractivity contribution in [3.8, 4) is 5.75 Å². The molecular formula is C14H20N2O3. The molecule has 1 aromatic carbocycles. The molecule has 5 nitrogen and oxygen atoms in total. The molecule has 1 amide bonds. The van der Waals surface area contributed by atoms with E-state index >= 15 is 0 Å². The largest absolute Gasteiger partial charge is 0.497 e. The first kappa shape index (κ1) is 13.8. The zero-order valence-electron chi connectivity index (χ0n) is 11.1. The number of hydrogen-bond donors (Lipinski definition) is 2. The van der Waals surface area contributed by atoms with Gasteiger partial charge in [-0.15, -0.1) is 0 Å². The molecule has 0 aliphatic carbocycles. The maximum atomic E-state index is 11.8. The summed E-state index contributed by atoms with van der Waals surface area (Å²) in [5.74, 6) is 0.859. The van der Waals surface area contributed by atoms with Crippen LogP contribution in [0.15, 0.2) is 24.3 Å². The Hall–Kier alpha value is -1.59. The van der Waals surface area contributed by atoms with Crippen LogP contribution in [0.25, 0.3) is 0 Å². The first-order valence-corrected chi connectivity index (χ1v) is 6.48. The maximum Gasteiger partial charge on any atom is 0.221 e. The molecule has 1 fully saturated rings. The number of methoxy groups -OCH3 is 1. The van der Waals surface area contributed by atoms with E-state index in [9.17, 15) is 4.79 Å². The van der Waals surface area contributed by atoms with E-state index in [4.69, 9.17) is 9.47 Å². The van der Waals surface area contributed by atoms with Crippen molar-refractivity contribution >= 4 is 5.91 Å². The van der Waals surface area contributed by atoms with Crippen LogP contribution in [-0.2, 0) is 16.1 Å². The summed E-state index contributed by atoms with van der Waals surface area (Å²) in [4.78, 5) is 11.8. The summed E-state index contributed by atoms with van der Waals surface area (Å²) >= 11 is 0. The molecule has 0 radical (unpaired) electrons. The van der Waals surface area contributed by atoms with E-state index in [0.717, 1.165) is 24.5 Å². The van der Waals surface area contributed by atoms with Crippen LogP contribution in [-0.4, -0.2) is 38.8 Å². The average Bonchev–Trinajstić information content (AvgIpc) is 2.47. The number of amides is 1. The molecule has 2 rings (SSSR count). The number of carbonyl (C=O) groups excluding carboxylic acids is 1. The van der Waals surface area contributed by atoms with Gasteiger partial charge in [0, 0.05) is 25.6 Å². The number of carbonyl (C=O) groups is 1. The summed E-state index contributed by atoms with van der Waals surface area (Å²) in [5, 5.41) is 6.17. The summed E-state index contributed by atoms with van der Waals surface area (Å²) in [6, 6.07) is 7.79. The second-order valence-electron chi connectivity index (χ2n) is 4.55. The molecule has 1 unspecified atom stereocenters. The molecule has 1 heterocycles. The highest BCUT2D eigenvalue weighted by atomic mass is 16.5. The Bertz CT molecular complexity index is 400. The smallest absolute Gasteiger partial charge is 0.221 e. The maximum absolute atomic E-state index is 11.8. The highest BCUT2D eigenvalue weighted by molar-refractivity contribution is 5.76. The van der Waals surface area contributed by atoms with Gasteiger partial charge in [-0.25, -0.2) is 0 Å². The second kappa shape index (κ2) is 7.11. The van der Waals surface area contributed by atoms with Gasteiger partial charge in [-0.05, 0) is 17.7 Å². The Morgan fingerprint density at radius 3 is 2.89 bits per heavy atom. The molecular weight excluding hydrogens is 244 g/mol. The lowest BCUT2D eigenvalue weighted by molar-refractivity contribution is -0.122. The van der Waals surface area contributed by atoms with Crippen LogP contribution >= 0.6 is 0 Å². The van der Waals surface area contributed by atoms with Crippen molar-refractivity contribution in [2.45, 2.75) is 19.0 Å². The van der Waals surface area contributed by atoms with Crippen LogP contribution in [0, 0.1) is 0 Å². The number of morpholine rings is 1. The van der Waals surface area contributed by atoms with Gasteiger partial charge in [0.15, 0.2) is 0 Å². The minimum absolute atomic E-state index is 0.0406. The monoisotopic (exact) mass is 264 g/mol. The highest BCUT2D eigenvalue weighted by Gasteiger charge is 2.16. The van der Waals surface area contributed by atoms with Crippen molar-refractivity contribution in [3.05, 3.63) is 29.8 Å². The lowest BCUT2D eigenvalue weighted by atomic mass is 10.1. The van der Waals surface area contributed by atoms with Crippen LogP contribution in [0.5, 0.6) is 5.75 Å². The van der Waals surface area contributed by atoms with Crippen molar-refractivity contribution < 1.29 is 14.3 Å². The van der Waals surface area contributed by atoms with Crippen molar-refractivity contribution in [2.24, 2.45) is 0 Å². The average molecular weight is 264 g/mol. The van der Waals surface area contributed by atoms with Gasteiger partial charge in [-0.2, -0.15) is 0 Å². The number of rotatable bonds is 5. The van der Waals surface area contributed by atoms with Crippen molar-refractivity contribution in [3.63, 3.8) is 0 Å². The summed E-state index contributed by atoms with van der Waals surface area (Å²) < 4.78 is 10.4. The van der Waals surface area contributed by atoms with Crippen molar-refractivity contribution in [2.75, 3.05) is 26.9 Å². The van der Waals surface area contributed by atoms with Crippen LogP contribution in [0.2, 0.25) is 0 Å². The SMILES string of the molecule is COc1ccc(CNC(=O)CC2COCCN2)cc1. The zero-order chi connectivity index (χ0) is 13.5. The normalized spacial score (nSPS) is 18.9. The fourth-order valence-corrected chi connectivity index (χ4v) is 1.99. The zero-order valence-corrected chi connectivity index (χ0v) is 11.1. The fraction of sp³-hybridized carbons (Fsp3) is 0.500. The molecule has 0 saturated carbocycles. The summed E-state index contributed by atoms with van der Waals surface area (Å²) in [6.45, 7) is 2.69. The van der Waals surface area contributed by atoms with Gasteiger partial charge in [0.05, 0.1) is 20.3 Å². The van der Waals surface area contributed by atoms with Gasteiger partial charge in [0.2, 0.25) is 5.91 Å². The molecule has 2 N–H and O–H groups in total. The summed E-state index contributed by atoms with van der Waals surface area (Å²) in [5.41, 5.74) is 1.06. The molecule has 0 aromatic heterocycles. The molecule has 1 aromatic rings. The van der Waals surface area contributed by atoms with E-state index < -0.39 is 0 Å². The topological polar surface area (TPSA) is 59.6 Å². The standard InChI is InChI=1S/C14H20N2O3/c1-18-13-4-2-11(3-5-13)9-16-14(17)8-12-10-19-7-6-15-12/h2-5,12,15H,6-10H2,1H3,(H,16,17). The first-order chi connectivity index (χ1) is 9.28. The van der Waals surface area contributed by atoms with E-state index in [1.165, 1.54) is 0 Å². The molecule has 1 aliphatic rings. The summed E-state index contributed by atoms with van der Waals surface area (Å²) in [7, 11) is 1.63. The number of nitrogens with one attached hydrogen (secondary N) is 2. The minimum Gasteiger partial charge on any atom is -0.497 e. The lowest BCUT2D eigenvalue weighted by Gasteiger charge is -2.23. The Balaban J connectivity index is 1.72. The Morgan fingerprint density at radius 1 is 1.47 bits per heavy atom. The molecule has 1 aliphatic heterocycles. The predicted molar refractivity (Wildman–Crippen MR) is 72.1 cm³/mol. The van der Waals surface area contributed by atoms with E-state index in [1.807, 2.05) is 24.3 Å². The van der Waals surface area contributed by atoms with Gasteiger partial charge < -0.3 is 20.1 Å². The molecule has 19 heavy (non-hydrogen) atoms. The van der Waals surface area contributed by atoms with Crippen LogP contribution in [0.1, 0.15) is 12.0 Å². The molecule has 5 heteroatoms. The summed E-state index contributed by atoms with van der Waals surface area (Å²) in [6.07, 6.45) is 0.455. The van der Waals surface area contributed by atoms with Gasteiger partial charge >= 0.3 is 0 Å². The molecule has 104 valence electrons. The van der Waals surface area contributed by atoms with Crippen molar-refractivity contribution in [1.82, 2.24) is 10.6 Å². The van der Waals surface area contributed by atoms with E-state index in [1.54, 1.807) is 7.11 Å².